The number of rotatable bonds is 2. The number of allylic oxidation sites excluding steroid dienone is 1. The van der Waals surface area contributed by atoms with Gasteiger partial charge in [-0.2, -0.15) is 0 Å². The highest BCUT2D eigenvalue weighted by Crippen LogP contribution is 2.39. The van der Waals surface area contributed by atoms with Crippen molar-refractivity contribution in [2.24, 2.45) is 5.92 Å². The monoisotopic (exact) mass is 318 g/mol. The molecule has 0 saturated heterocycles. The zero-order chi connectivity index (χ0) is 13.4. The van der Waals surface area contributed by atoms with E-state index in [1.807, 2.05) is 13.0 Å². The third-order valence-electron chi connectivity index (χ3n) is 3.85. The molecular formula is C13H23BrO2Si. The lowest BCUT2D eigenvalue weighted by Gasteiger charge is -2.40. The predicted molar refractivity (Wildman–Crippen MR) is 77.9 cm³/mol. The maximum Gasteiger partial charge on any atom is 0.192 e. The molecule has 2 atom stereocenters. The fourth-order valence-electron chi connectivity index (χ4n) is 1.64. The first-order valence-corrected chi connectivity index (χ1v) is 9.84. The van der Waals surface area contributed by atoms with E-state index in [-0.39, 0.29) is 22.8 Å². The Kier molecular flexibility index (Phi) is 4.43. The fourth-order valence-corrected chi connectivity index (χ4v) is 3.60. The van der Waals surface area contributed by atoms with Crippen molar-refractivity contribution in [2.75, 3.05) is 0 Å². The van der Waals surface area contributed by atoms with Crippen LogP contribution >= 0.6 is 15.9 Å². The van der Waals surface area contributed by atoms with Crippen molar-refractivity contribution in [2.45, 2.75) is 58.4 Å². The molecule has 4 heteroatoms. The zero-order valence-electron chi connectivity index (χ0n) is 11.6. The van der Waals surface area contributed by atoms with Gasteiger partial charge in [0.05, 0.1) is 10.6 Å². The van der Waals surface area contributed by atoms with Gasteiger partial charge in [-0.1, -0.05) is 27.7 Å². The van der Waals surface area contributed by atoms with Gasteiger partial charge in [0, 0.05) is 5.92 Å². The molecule has 1 rings (SSSR count). The molecule has 0 aromatic heterocycles. The van der Waals surface area contributed by atoms with Crippen LogP contribution in [0.15, 0.2) is 10.6 Å². The summed E-state index contributed by atoms with van der Waals surface area (Å²) in [6.07, 6.45) is 2.82. The summed E-state index contributed by atoms with van der Waals surface area (Å²) in [6.45, 7) is 13.2. The average molecular weight is 319 g/mol. The van der Waals surface area contributed by atoms with E-state index < -0.39 is 8.32 Å². The van der Waals surface area contributed by atoms with Crippen LogP contribution in [-0.4, -0.2) is 20.2 Å². The molecule has 0 heterocycles. The molecular weight excluding hydrogens is 296 g/mol. The second kappa shape index (κ2) is 4.98. The van der Waals surface area contributed by atoms with Crippen LogP contribution in [0, 0.1) is 5.92 Å². The SMILES string of the molecule is C[C@@H]1C[C@H](O[Si](C)(C)C(C)(C)C)C=C(Br)C1=O. The minimum atomic E-state index is -1.75. The first-order chi connectivity index (χ1) is 7.54. The van der Waals surface area contributed by atoms with Crippen LogP contribution < -0.4 is 0 Å². The van der Waals surface area contributed by atoms with Gasteiger partial charge in [-0.25, -0.2) is 0 Å². The molecule has 0 spiro atoms. The minimum absolute atomic E-state index is 0.0594. The highest BCUT2D eigenvalue weighted by molar-refractivity contribution is 9.12. The third-order valence-corrected chi connectivity index (χ3v) is 9.01. The quantitative estimate of drug-likeness (QED) is 0.711. The van der Waals surface area contributed by atoms with Gasteiger partial charge in [-0.05, 0) is 46.6 Å². The van der Waals surface area contributed by atoms with Crippen molar-refractivity contribution in [1.29, 1.82) is 0 Å². The normalized spacial score (nSPS) is 27.0. The van der Waals surface area contributed by atoms with Gasteiger partial charge in [0.15, 0.2) is 14.1 Å². The van der Waals surface area contributed by atoms with Gasteiger partial charge in [-0.15, -0.1) is 0 Å². The number of carbonyl (C=O) groups excluding carboxylic acids is 1. The Morgan fingerprint density at radius 2 is 1.94 bits per heavy atom. The van der Waals surface area contributed by atoms with E-state index >= 15 is 0 Å². The topological polar surface area (TPSA) is 26.3 Å². The van der Waals surface area contributed by atoms with Crippen molar-refractivity contribution in [3.8, 4) is 0 Å². The van der Waals surface area contributed by atoms with Crippen LogP contribution in [0.1, 0.15) is 34.1 Å². The van der Waals surface area contributed by atoms with E-state index in [0.717, 1.165) is 6.42 Å². The Hall–Kier alpha value is 0.0669. The molecule has 1 aliphatic carbocycles. The Morgan fingerprint density at radius 3 is 2.35 bits per heavy atom. The van der Waals surface area contributed by atoms with Gasteiger partial charge in [-0.3, -0.25) is 4.79 Å². The van der Waals surface area contributed by atoms with E-state index in [2.05, 4.69) is 49.8 Å². The lowest BCUT2D eigenvalue weighted by atomic mass is 9.93. The van der Waals surface area contributed by atoms with Gasteiger partial charge in [0.2, 0.25) is 0 Å². The molecule has 0 N–H and O–H groups in total. The molecule has 17 heavy (non-hydrogen) atoms. The van der Waals surface area contributed by atoms with Crippen LogP contribution in [0.25, 0.3) is 0 Å². The summed E-state index contributed by atoms with van der Waals surface area (Å²) in [7, 11) is -1.75. The summed E-state index contributed by atoms with van der Waals surface area (Å²) < 4.78 is 6.99. The molecule has 0 aromatic carbocycles. The minimum Gasteiger partial charge on any atom is -0.410 e. The predicted octanol–water partition coefficient (Wildman–Crippen LogP) is 4.26. The molecule has 0 radical (unpaired) electrons. The standard InChI is InChI=1S/C13H23BrO2Si/c1-9-7-10(8-11(14)12(9)15)16-17(5,6)13(2,3)4/h8-10H,7H2,1-6H3/t9-,10+/m1/s1. The maximum atomic E-state index is 11.7. The fraction of sp³-hybridized carbons (Fsp3) is 0.769. The molecule has 0 fully saturated rings. The molecule has 0 bridgehead atoms. The van der Waals surface area contributed by atoms with Crippen molar-refractivity contribution in [1.82, 2.24) is 0 Å². The van der Waals surface area contributed by atoms with Gasteiger partial charge in [0.1, 0.15) is 0 Å². The average Bonchev–Trinajstić information content (AvgIpc) is 2.11. The number of ketones is 1. The summed E-state index contributed by atoms with van der Waals surface area (Å²) in [5, 5.41) is 0.206. The maximum absolute atomic E-state index is 11.7. The van der Waals surface area contributed by atoms with E-state index in [9.17, 15) is 4.79 Å². The molecule has 0 unspecified atom stereocenters. The van der Waals surface area contributed by atoms with Crippen molar-refractivity contribution in [3.63, 3.8) is 0 Å². The molecule has 0 amide bonds. The molecule has 1 aliphatic rings. The summed E-state index contributed by atoms with van der Waals surface area (Å²) in [5.74, 6) is 0.254. The van der Waals surface area contributed by atoms with Crippen molar-refractivity contribution < 1.29 is 9.22 Å². The number of hydrogen-bond donors (Lipinski definition) is 0. The molecule has 0 saturated carbocycles. The second-order valence-corrected chi connectivity index (χ2v) is 12.0. The Balaban J connectivity index is 2.81. The van der Waals surface area contributed by atoms with Crippen molar-refractivity contribution >= 4 is 30.0 Å². The highest BCUT2D eigenvalue weighted by Gasteiger charge is 2.40. The number of hydrogen-bond acceptors (Lipinski definition) is 2. The lowest BCUT2D eigenvalue weighted by Crippen LogP contribution is -2.44. The van der Waals surface area contributed by atoms with Crippen LogP contribution in [0.5, 0.6) is 0 Å². The lowest BCUT2D eigenvalue weighted by molar-refractivity contribution is -0.119. The summed E-state index contributed by atoms with van der Waals surface area (Å²) in [4.78, 5) is 11.7. The van der Waals surface area contributed by atoms with Crippen LogP contribution in [-0.2, 0) is 9.22 Å². The Bertz CT molecular complexity index is 342. The number of Topliss-reactive ketones (excluding diaryl/α,β-unsaturated/α-hetero) is 1. The van der Waals surface area contributed by atoms with Crippen LogP contribution in [0.2, 0.25) is 18.1 Å². The molecule has 0 aromatic rings. The summed E-state index contributed by atoms with van der Waals surface area (Å²) >= 11 is 3.34. The highest BCUT2D eigenvalue weighted by atomic mass is 79.9. The van der Waals surface area contributed by atoms with Gasteiger partial charge < -0.3 is 4.43 Å². The number of carbonyl (C=O) groups is 1. The van der Waals surface area contributed by atoms with Gasteiger partial charge >= 0.3 is 0 Å². The molecule has 0 aliphatic heterocycles. The first kappa shape index (κ1) is 15.1. The zero-order valence-corrected chi connectivity index (χ0v) is 14.2. The summed E-state index contributed by atoms with van der Waals surface area (Å²) in [6, 6.07) is 0. The Labute approximate surface area is 114 Å². The largest absolute Gasteiger partial charge is 0.410 e. The summed E-state index contributed by atoms with van der Waals surface area (Å²) in [5.41, 5.74) is 0. The molecule has 98 valence electrons. The first-order valence-electron chi connectivity index (χ1n) is 6.14. The van der Waals surface area contributed by atoms with E-state index in [4.69, 9.17) is 4.43 Å². The Morgan fingerprint density at radius 1 is 1.41 bits per heavy atom. The van der Waals surface area contributed by atoms with E-state index in [1.165, 1.54) is 0 Å². The molecule has 2 nitrogen and oxygen atoms in total. The van der Waals surface area contributed by atoms with E-state index in [1.54, 1.807) is 0 Å². The third kappa shape index (κ3) is 3.52. The van der Waals surface area contributed by atoms with Crippen LogP contribution in [0.3, 0.4) is 0 Å². The van der Waals surface area contributed by atoms with Crippen LogP contribution in [0.4, 0.5) is 0 Å². The van der Waals surface area contributed by atoms with Crippen molar-refractivity contribution in [3.05, 3.63) is 10.6 Å². The van der Waals surface area contributed by atoms with E-state index in [0.29, 0.717) is 4.48 Å². The number of halogens is 1. The van der Waals surface area contributed by atoms with Gasteiger partial charge in [0.25, 0.3) is 0 Å². The second-order valence-electron chi connectivity index (χ2n) is 6.43. The smallest absolute Gasteiger partial charge is 0.192 e.